The summed E-state index contributed by atoms with van der Waals surface area (Å²) in [6.07, 6.45) is 0.304. The van der Waals surface area contributed by atoms with Gasteiger partial charge in [-0.3, -0.25) is 0 Å². The first-order valence-electron chi connectivity index (χ1n) is 6.10. The summed E-state index contributed by atoms with van der Waals surface area (Å²) in [5.74, 6) is -0.309. The van der Waals surface area contributed by atoms with Gasteiger partial charge in [0.1, 0.15) is 17.2 Å². The van der Waals surface area contributed by atoms with Gasteiger partial charge in [-0.2, -0.15) is 0 Å². The van der Waals surface area contributed by atoms with Gasteiger partial charge in [0.2, 0.25) is 5.79 Å². The second-order valence-corrected chi connectivity index (χ2v) is 4.48. The van der Waals surface area contributed by atoms with Crippen LogP contribution in [0.15, 0.2) is 48.5 Å². The first-order chi connectivity index (χ1) is 9.17. The summed E-state index contributed by atoms with van der Waals surface area (Å²) < 4.78 is 11.1. The Labute approximate surface area is 110 Å². The maximum Gasteiger partial charge on any atom is 0.241 e. The van der Waals surface area contributed by atoms with Gasteiger partial charge in [0.05, 0.1) is 18.6 Å². The molecule has 0 aromatic heterocycles. The Hall–Kier alpha value is -2.20. The third-order valence-corrected chi connectivity index (χ3v) is 3.11. The van der Waals surface area contributed by atoms with E-state index >= 15 is 0 Å². The average molecular weight is 258 g/mol. The van der Waals surface area contributed by atoms with Crippen LogP contribution >= 0.6 is 0 Å². The molecule has 3 rings (SSSR count). The maximum atomic E-state index is 10.7. The van der Waals surface area contributed by atoms with Gasteiger partial charge < -0.3 is 19.7 Å². The molecule has 1 unspecified atom stereocenters. The van der Waals surface area contributed by atoms with Gasteiger partial charge in [-0.1, -0.05) is 18.2 Å². The van der Waals surface area contributed by atoms with Crippen molar-refractivity contribution in [3.8, 4) is 17.2 Å². The van der Waals surface area contributed by atoms with E-state index in [4.69, 9.17) is 9.47 Å². The van der Waals surface area contributed by atoms with Crippen LogP contribution in [0.3, 0.4) is 0 Å². The zero-order valence-corrected chi connectivity index (χ0v) is 10.2. The molecule has 4 heteroatoms. The summed E-state index contributed by atoms with van der Waals surface area (Å²) in [7, 11) is 0. The molecule has 2 aromatic rings. The summed E-state index contributed by atoms with van der Waals surface area (Å²) >= 11 is 0. The number of aliphatic hydroxyl groups is 1. The zero-order valence-electron chi connectivity index (χ0n) is 10.2. The Kier molecular flexibility index (Phi) is 2.80. The van der Waals surface area contributed by atoms with Crippen molar-refractivity contribution in [3.63, 3.8) is 0 Å². The van der Waals surface area contributed by atoms with Gasteiger partial charge >= 0.3 is 0 Å². The lowest BCUT2D eigenvalue weighted by Gasteiger charge is -2.34. The van der Waals surface area contributed by atoms with Crippen molar-refractivity contribution >= 4 is 0 Å². The van der Waals surface area contributed by atoms with Crippen LogP contribution in [0, 0.1) is 0 Å². The van der Waals surface area contributed by atoms with E-state index in [1.165, 1.54) is 12.1 Å². The number of benzene rings is 2. The first-order valence-corrected chi connectivity index (χ1v) is 6.10. The summed E-state index contributed by atoms with van der Waals surface area (Å²) in [4.78, 5) is 0. The van der Waals surface area contributed by atoms with Gasteiger partial charge in [0.25, 0.3) is 0 Å². The van der Waals surface area contributed by atoms with E-state index in [1.807, 2.05) is 18.2 Å². The van der Waals surface area contributed by atoms with Crippen LogP contribution in [0.5, 0.6) is 17.2 Å². The number of fused-ring (bicyclic) bond motifs is 1. The molecule has 1 atom stereocenters. The predicted molar refractivity (Wildman–Crippen MR) is 69.2 cm³/mol. The molecule has 0 amide bonds. The number of hydrogen-bond acceptors (Lipinski definition) is 4. The van der Waals surface area contributed by atoms with Crippen LogP contribution in [0.25, 0.3) is 0 Å². The Balaban J connectivity index is 1.99. The largest absolute Gasteiger partial charge is 0.508 e. The Morgan fingerprint density at radius 3 is 2.68 bits per heavy atom. The summed E-state index contributed by atoms with van der Waals surface area (Å²) in [5, 5.41) is 20.3. The van der Waals surface area contributed by atoms with E-state index < -0.39 is 5.79 Å². The second kappa shape index (κ2) is 4.48. The average Bonchev–Trinajstić information content (AvgIpc) is 2.41. The smallest absolute Gasteiger partial charge is 0.241 e. The van der Waals surface area contributed by atoms with Gasteiger partial charge in [-0.05, 0) is 30.3 Å². The molecular formula is C15H14O4. The van der Waals surface area contributed by atoms with E-state index in [0.717, 1.165) is 0 Å². The third kappa shape index (κ3) is 2.22. The number of phenols is 1. The molecule has 19 heavy (non-hydrogen) atoms. The van der Waals surface area contributed by atoms with Crippen molar-refractivity contribution in [2.24, 2.45) is 0 Å². The minimum atomic E-state index is -1.48. The van der Waals surface area contributed by atoms with E-state index in [9.17, 15) is 10.2 Å². The van der Waals surface area contributed by atoms with Gasteiger partial charge in [0.15, 0.2) is 0 Å². The van der Waals surface area contributed by atoms with Crippen molar-refractivity contribution < 1.29 is 19.7 Å². The van der Waals surface area contributed by atoms with E-state index in [2.05, 4.69) is 0 Å². The molecule has 2 N–H and O–H groups in total. The SMILES string of the molecule is Oc1ccc2c(c1)C(O)(Oc1ccccc1)CCO2. The second-order valence-electron chi connectivity index (χ2n) is 4.48. The highest BCUT2D eigenvalue weighted by atomic mass is 16.6. The molecular weight excluding hydrogens is 244 g/mol. The molecule has 0 aliphatic carbocycles. The topological polar surface area (TPSA) is 58.9 Å². The standard InChI is InChI=1S/C15H14O4/c16-11-6-7-14-13(10-11)15(17,8-9-18-14)19-12-4-2-1-3-5-12/h1-7,10,16-17H,8-9H2. The monoisotopic (exact) mass is 258 g/mol. The lowest BCUT2D eigenvalue weighted by Crippen LogP contribution is -2.38. The summed E-state index contributed by atoms with van der Waals surface area (Å²) in [6.45, 7) is 0.362. The van der Waals surface area contributed by atoms with Crippen LogP contribution in [0.1, 0.15) is 12.0 Å². The van der Waals surface area contributed by atoms with E-state index in [0.29, 0.717) is 30.1 Å². The highest BCUT2D eigenvalue weighted by Crippen LogP contribution is 2.40. The quantitative estimate of drug-likeness (QED) is 0.812. The minimum absolute atomic E-state index is 0.0688. The molecule has 1 aliphatic rings. The maximum absolute atomic E-state index is 10.7. The molecule has 2 aromatic carbocycles. The lowest BCUT2D eigenvalue weighted by molar-refractivity contribution is -0.165. The molecule has 98 valence electrons. The highest BCUT2D eigenvalue weighted by molar-refractivity contribution is 5.44. The molecule has 1 aliphatic heterocycles. The Bertz CT molecular complexity index is 582. The van der Waals surface area contributed by atoms with Gasteiger partial charge in [-0.15, -0.1) is 0 Å². The van der Waals surface area contributed by atoms with Crippen LogP contribution in [-0.4, -0.2) is 16.8 Å². The Morgan fingerprint density at radius 2 is 1.89 bits per heavy atom. The molecule has 0 saturated heterocycles. The van der Waals surface area contributed by atoms with Crippen molar-refractivity contribution in [2.75, 3.05) is 6.61 Å². The molecule has 0 radical (unpaired) electrons. The van der Waals surface area contributed by atoms with Crippen molar-refractivity contribution in [1.82, 2.24) is 0 Å². The number of hydrogen-bond donors (Lipinski definition) is 2. The fourth-order valence-electron chi connectivity index (χ4n) is 2.17. The number of phenolic OH excluding ortho intramolecular Hbond substituents is 1. The number of ether oxygens (including phenoxy) is 2. The fraction of sp³-hybridized carbons (Fsp3) is 0.200. The molecule has 4 nitrogen and oxygen atoms in total. The molecule has 0 saturated carbocycles. The van der Waals surface area contributed by atoms with Gasteiger partial charge in [0, 0.05) is 0 Å². The van der Waals surface area contributed by atoms with E-state index in [-0.39, 0.29) is 5.75 Å². The van der Waals surface area contributed by atoms with Crippen molar-refractivity contribution in [2.45, 2.75) is 12.2 Å². The highest BCUT2D eigenvalue weighted by Gasteiger charge is 2.38. The number of para-hydroxylation sites is 1. The Morgan fingerprint density at radius 1 is 1.11 bits per heavy atom. The molecule has 0 spiro atoms. The fourth-order valence-corrected chi connectivity index (χ4v) is 2.17. The van der Waals surface area contributed by atoms with Gasteiger partial charge in [-0.25, -0.2) is 0 Å². The molecule has 0 bridgehead atoms. The summed E-state index contributed by atoms with van der Waals surface area (Å²) in [6, 6.07) is 13.7. The predicted octanol–water partition coefficient (Wildman–Crippen LogP) is 2.40. The van der Waals surface area contributed by atoms with Crippen LogP contribution in [-0.2, 0) is 5.79 Å². The van der Waals surface area contributed by atoms with Crippen LogP contribution in [0.2, 0.25) is 0 Å². The number of rotatable bonds is 2. The summed E-state index contributed by atoms with van der Waals surface area (Å²) in [5.41, 5.74) is 0.447. The van der Waals surface area contributed by atoms with Crippen molar-refractivity contribution in [3.05, 3.63) is 54.1 Å². The third-order valence-electron chi connectivity index (χ3n) is 3.11. The normalized spacial score (nSPS) is 21.3. The minimum Gasteiger partial charge on any atom is -0.508 e. The lowest BCUT2D eigenvalue weighted by atomic mass is 9.99. The zero-order chi connectivity index (χ0) is 13.3. The van der Waals surface area contributed by atoms with E-state index in [1.54, 1.807) is 18.2 Å². The van der Waals surface area contributed by atoms with Crippen LogP contribution in [0.4, 0.5) is 0 Å². The van der Waals surface area contributed by atoms with Crippen LogP contribution < -0.4 is 9.47 Å². The molecule has 0 fully saturated rings. The number of aromatic hydroxyl groups is 1. The molecule has 1 heterocycles. The first kappa shape index (κ1) is 11.9. The van der Waals surface area contributed by atoms with Crippen molar-refractivity contribution in [1.29, 1.82) is 0 Å².